The van der Waals surface area contributed by atoms with Gasteiger partial charge in [0.15, 0.2) is 0 Å². The second-order valence-corrected chi connectivity index (χ2v) is 6.65. The fourth-order valence-electron chi connectivity index (χ4n) is 3.23. The third-order valence-corrected chi connectivity index (χ3v) is 4.61. The van der Waals surface area contributed by atoms with Crippen LogP contribution in [0.15, 0.2) is 66.7 Å². The number of nitrogen functional groups attached to an aromatic ring is 1. The van der Waals surface area contributed by atoms with Crippen LogP contribution < -0.4 is 16.4 Å². The predicted molar refractivity (Wildman–Crippen MR) is 119 cm³/mol. The molecule has 3 aromatic rings. The molecule has 2 aromatic carbocycles. The topological polar surface area (TPSA) is 132 Å². The number of hydrogen-bond acceptors (Lipinski definition) is 7. The summed E-state index contributed by atoms with van der Waals surface area (Å²) in [6.07, 6.45) is -0.722. The first-order chi connectivity index (χ1) is 15.0. The van der Waals surface area contributed by atoms with Gasteiger partial charge in [0, 0.05) is 18.5 Å². The third kappa shape index (κ3) is 5.47. The first-order valence-electron chi connectivity index (χ1n) is 9.72. The summed E-state index contributed by atoms with van der Waals surface area (Å²) >= 11 is 0. The summed E-state index contributed by atoms with van der Waals surface area (Å²) < 4.78 is 4.83. The molecule has 1 amide bonds. The summed E-state index contributed by atoms with van der Waals surface area (Å²) in [5, 5.41) is 17.1. The Kier molecular flexibility index (Phi) is 7.00. The van der Waals surface area contributed by atoms with Crippen LogP contribution in [-0.2, 0) is 4.74 Å². The van der Waals surface area contributed by atoms with E-state index in [-0.39, 0.29) is 35.5 Å². The monoisotopic (exact) mass is 421 g/mol. The number of benzene rings is 2. The Balaban J connectivity index is 1.92. The molecule has 160 valence electrons. The van der Waals surface area contributed by atoms with E-state index in [1.165, 1.54) is 6.07 Å². The van der Waals surface area contributed by atoms with Crippen molar-refractivity contribution >= 4 is 29.1 Å². The maximum atomic E-state index is 11.7. The fourth-order valence-corrected chi connectivity index (χ4v) is 3.23. The van der Waals surface area contributed by atoms with Gasteiger partial charge >= 0.3 is 11.8 Å². The van der Waals surface area contributed by atoms with Crippen LogP contribution in [0.4, 0.5) is 27.8 Å². The summed E-state index contributed by atoms with van der Waals surface area (Å²) in [4.78, 5) is 26.6. The van der Waals surface area contributed by atoms with Crippen LogP contribution in [0.2, 0.25) is 0 Å². The number of rotatable bonds is 8. The molecule has 0 aliphatic rings. The number of carbonyl (C=O) groups is 1. The van der Waals surface area contributed by atoms with Crippen molar-refractivity contribution in [1.29, 1.82) is 0 Å². The lowest BCUT2D eigenvalue weighted by atomic mass is 9.91. The average Bonchev–Trinajstić information content (AvgIpc) is 2.75. The van der Waals surface area contributed by atoms with Gasteiger partial charge < -0.3 is 15.8 Å². The van der Waals surface area contributed by atoms with Crippen LogP contribution >= 0.6 is 0 Å². The molecule has 1 heterocycles. The van der Waals surface area contributed by atoms with Crippen LogP contribution in [-0.4, -0.2) is 29.2 Å². The number of anilines is 3. The van der Waals surface area contributed by atoms with Crippen molar-refractivity contribution in [3.8, 4) is 0 Å². The molecule has 0 aliphatic heterocycles. The maximum Gasteiger partial charge on any atom is 0.412 e. The number of aromatic nitrogens is 1. The minimum Gasteiger partial charge on any atom is -0.450 e. The number of nitrogens with one attached hydrogen (secondary N) is 2. The predicted octanol–water partition coefficient (Wildman–Crippen LogP) is 4.38. The second-order valence-electron chi connectivity index (χ2n) is 6.65. The quantitative estimate of drug-likeness (QED) is 0.363. The smallest absolute Gasteiger partial charge is 0.412 e. The molecular formula is C22H23N5O4. The lowest BCUT2D eigenvalue weighted by molar-refractivity contribution is -0.383. The van der Waals surface area contributed by atoms with Crippen molar-refractivity contribution in [1.82, 2.24) is 4.98 Å². The normalized spacial score (nSPS) is 10.5. The highest BCUT2D eigenvalue weighted by Crippen LogP contribution is 2.33. The fraction of sp³-hybridized carbons (Fsp3) is 0.182. The summed E-state index contributed by atoms with van der Waals surface area (Å²) in [5.41, 5.74) is 7.72. The summed E-state index contributed by atoms with van der Waals surface area (Å²) in [6.45, 7) is 2.20. The van der Waals surface area contributed by atoms with E-state index in [4.69, 9.17) is 10.5 Å². The lowest BCUT2D eigenvalue weighted by Gasteiger charge is -2.20. The highest BCUT2D eigenvalue weighted by molar-refractivity contribution is 5.86. The first-order valence-corrected chi connectivity index (χ1v) is 9.72. The molecule has 0 radical (unpaired) electrons. The third-order valence-electron chi connectivity index (χ3n) is 4.61. The zero-order valence-corrected chi connectivity index (χ0v) is 16.9. The molecule has 1 aromatic heterocycles. The van der Waals surface area contributed by atoms with Crippen LogP contribution in [0.5, 0.6) is 0 Å². The molecule has 0 aliphatic carbocycles. The van der Waals surface area contributed by atoms with Gasteiger partial charge in [0.1, 0.15) is 11.5 Å². The van der Waals surface area contributed by atoms with Gasteiger partial charge in [-0.1, -0.05) is 60.7 Å². The molecule has 3 rings (SSSR count). The minimum atomic E-state index is -0.722. The Labute approximate surface area is 179 Å². The van der Waals surface area contributed by atoms with Gasteiger partial charge in [-0.15, -0.1) is 0 Å². The Hall–Kier alpha value is -4.14. The molecule has 0 atom stereocenters. The summed E-state index contributed by atoms with van der Waals surface area (Å²) in [5.74, 6) is -0.323. The molecule has 4 N–H and O–H groups in total. The second kappa shape index (κ2) is 10.1. The van der Waals surface area contributed by atoms with Crippen molar-refractivity contribution < 1.29 is 14.5 Å². The number of hydrogen-bond donors (Lipinski definition) is 3. The van der Waals surface area contributed by atoms with E-state index >= 15 is 0 Å². The highest BCUT2D eigenvalue weighted by Gasteiger charge is 2.23. The van der Waals surface area contributed by atoms with E-state index in [0.717, 1.165) is 11.1 Å². The molecular weight excluding hydrogens is 398 g/mol. The number of amides is 1. The van der Waals surface area contributed by atoms with Crippen LogP contribution in [0.25, 0.3) is 0 Å². The number of nitrogens with zero attached hydrogens (tertiary/aromatic N) is 2. The zero-order valence-electron chi connectivity index (χ0n) is 16.9. The van der Waals surface area contributed by atoms with E-state index < -0.39 is 11.0 Å². The standard InChI is InChI=1S/C22H23N5O4/c1-2-31-22(28)26-19-13-18(20(27(29)30)21(23)25-19)24-14-17(15-9-5-3-6-10-15)16-11-7-4-8-12-16/h3-13,17H,2,14H2,1H3,(H4,23,24,25,26,28). The van der Waals surface area contributed by atoms with Crippen molar-refractivity contribution in [2.45, 2.75) is 12.8 Å². The first kappa shape index (κ1) is 21.6. The largest absolute Gasteiger partial charge is 0.450 e. The van der Waals surface area contributed by atoms with Gasteiger partial charge in [-0.25, -0.2) is 9.78 Å². The molecule has 9 heteroatoms. The molecule has 0 bridgehead atoms. The summed E-state index contributed by atoms with van der Waals surface area (Å²) in [7, 11) is 0. The van der Waals surface area contributed by atoms with E-state index in [2.05, 4.69) is 15.6 Å². The lowest BCUT2D eigenvalue weighted by Crippen LogP contribution is -2.18. The number of carbonyl (C=O) groups excluding carboxylic acids is 1. The van der Waals surface area contributed by atoms with E-state index in [1.807, 2.05) is 60.7 Å². The molecule has 0 fully saturated rings. The van der Waals surface area contributed by atoms with E-state index in [1.54, 1.807) is 6.92 Å². The Morgan fingerprint density at radius 2 is 1.71 bits per heavy atom. The number of nitrogens with two attached hydrogens (primary N) is 1. The number of nitro groups is 1. The maximum absolute atomic E-state index is 11.7. The Bertz CT molecular complexity index is 1010. The van der Waals surface area contributed by atoms with Crippen LogP contribution in [0, 0.1) is 10.1 Å². The molecule has 31 heavy (non-hydrogen) atoms. The van der Waals surface area contributed by atoms with Gasteiger partial charge in [0.2, 0.25) is 5.82 Å². The van der Waals surface area contributed by atoms with E-state index in [0.29, 0.717) is 6.54 Å². The van der Waals surface area contributed by atoms with Crippen molar-refractivity contribution in [2.24, 2.45) is 0 Å². The van der Waals surface area contributed by atoms with Crippen LogP contribution in [0.1, 0.15) is 24.0 Å². The van der Waals surface area contributed by atoms with Crippen molar-refractivity contribution in [2.75, 3.05) is 29.5 Å². The zero-order chi connectivity index (χ0) is 22.2. The van der Waals surface area contributed by atoms with Gasteiger partial charge in [-0.05, 0) is 18.1 Å². The Morgan fingerprint density at radius 1 is 1.13 bits per heavy atom. The molecule has 0 unspecified atom stereocenters. The van der Waals surface area contributed by atoms with Gasteiger partial charge in [-0.3, -0.25) is 15.4 Å². The minimum absolute atomic E-state index is 0.0556. The van der Waals surface area contributed by atoms with Gasteiger partial charge in [0.05, 0.1) is 11.5 Å². The average molecular weight is 421 g/mol. The SMILES string of the molecule is CCOC(=O)Nc1cc(NCC(c2ccccc2)c2ccccc2)c([N+](=O)[O-])c(N)n1. The van der Waals surface area contributed by atoms with Crippen LogP contribution in [0.3, 0.4) is 0 Å². The molecule has 0 saturated heterocycles. The molecule has 0 saturated carbocycles. The number of pyridine rings is 1. The van der Waals surface area contributed by atoms with E-state index in [9.17, 15) is 14.9 Å². The van der Waals surface area contributed by atoms with Gasteiger partial charge in [0.25, 0.3) is 0 Å². The molecule has 0 spiro atoms. The summed E-state index contributed by atoms with van der Waals surface area (Å²) in [6, 6.07) is 21.0. The highest BCUT2D eigenvalue weighted by atomic mass is 16.6. The Morgan fingerprint density at radius 3 is 2.23 bits per heavy atom. The van der Waals surface area contributed by atoms with Crippen molar-refractivity contribution in [3.63, 3.8) is 0 Å². The van der Waals surface area contributed by atoms with Crippen molar-refractivity contribution in [3.05, 3.63) is 88.0 Å². The number of ether oxygens (including phenoxy) is 1. The molecule has 9 nitrogen and oxygen atoms in total. The van der Waals surface area contributed by atoms with Gasteiger partial charge in [-0.2, -0.15) is 0 Å².